The molecule has 1 aromatic rings. The fraction of sp³-hybridized carbons (Fsp3) is 0.619. The maximum Gasteiger partial charge on any atom is 0.241 e. The quantitative estimate of drug-likeness (QED) is 0.731. The van der Waals surface area contributed by atoms with Crippen LogP contribution in [0, 0.1) is 25.7 Å². The molecule has 0 bridgehead atoms. The molecule has 1 saturated heterocycles. The van der Waals surface area contributed by atoms with E-state index in [0.717, 1.165) is 36.6 Å². The summed E-state index contributed by atoms with van der Waals surface area (Å²) in [6, 6.07) is 4.83. The van der Waals surface area contributed by atoms with E-state index in [1.807, 2.05) is 18.7 Å². The second-order valence-electron chi connectivity index (χ2n) is 8.28. The molecule has 2 atom stereocenters. The Labute approximate surface area is 173 Å². The van der Waals surface area contributed by atoms with Gasteiger partial charge >= 0.3 is 0 Å². The Kier molecular flexibility index (Phi) is 6.95. The molecule has 0 unspecified atom stereocenters. The van der Waals surface area contributed by atoms with E-state index in [0.29, 0.717) is 5.92 Å². The normalized spacial score (nSPS) is 22.1. The molecule has 1 aromatic carbocycles. The lowest BCUT2D eigenvalue weighted by Crippen LogP contribution is -2.49. The Morgan fingerprint density at radius 2 is 1.76 bits per heavy atom. The fourth-order valence-corrected chi connectivity index (χ4v) is 5.37. The van der Waals surface area contributed by atoms with Crippen molar-refractivity contribution in [2.24, 2.45) is 11.8 Å². The van der Waals surface area contributed by atoms with Crippen LogP contribution in [-0.4, -0.2) is 51.3 Å². The Morgan fingerprint density at radius 1 is 1.03 bits per heavy atom. The highest BCUT2D eigenvalue weighted by atomic mass is 32.2. The number of likely N-dealkylation sites (tertiary alicyclic amines) is 1. The Hall–Kier alpha value is -1.93. The highest BCUT2D eigenvalue weighted by Crippen LogP contribution is 2.35. The van der Waals surface area contributed by atoms with Crippen molar-refractivity contribution in [3.63, 3.8) is 0 Å². The molecule has 0 radical (unpaired) electrons. The molecule has 3 rings (SSSR count). The van der Waals surface area contributed by atoms with Crippen LogP contribution in [-0.2, 0) is 19.6 Å². The molecular weight excluding hydrogens is 390 g/mol. The highest BCUT2D eigenvalue weighted by Gasteiger charge is 2.32. The molecule has 2 fully saturated rings. The number of benzene rings is 1. The van der Waals surface area contributed by atoms with Gasteiger partial charge in [-0.2, -0.15) is 0 Å². The molecule has 8 heteroatoms. The number of hydrogen-bond donors (Lipinski definition) is 2. The molecule has 1 heterocycles. The number of carbonyl (C=O) groups is 2. The molecule has 7 nitrogen and oxygen atoms in total. The number of nitrogens with one attached hydrogen (secondary N) is 2. The van der Waals surface area contributed by atoms with Crippen LogP contribution >= 0.6 is 0 Å². The molecule has 2 N–H and O–H groups in total. The van der Waals surface area contributed by atoms with E-state index in [2.05, 4.69) is 10.0 Å². The smallest absolute Gasteiger partial charge is 0.241 e. The van der Waals surface area contributed by atoms with Crippen LogP contribution < -0.4 is 10.0 Å². The van der Waals surface area contributed by atoms with Gasteiger partial charge in [-0.15, -0.1) is 0 Å². The average molecular weight is 422 g/mol. The summed E-state index contributed by atoms with van der Waals surface area (Å²) in [4.78, 5) is 26.5. The predicted octanol–water partition coefficient (Wildman–Crippen LogP) is 1.74. The van der Waals surface area contributed by atoms with Gasteiger partial charge in [0.2, 0.25) is 21.8 Å². The van der Waals surface area contributed by atoms with Gasteiger partial charge in [-0.3, -0.25) is 9.59 Å². The number of fused-ring (bicyclic) bond motifs is 1. The van der Waals surface area contributed by atoms with Crippen molar-refractivity contribution in [2.45, 2.75) is 50.8 Å². The minimum atomic E-state index is -3.77. The molecule has 1 saturated carbocycles. The Morgan fingerprint density at radius 3 is 2.48 bits per heavy atom. The second kappa shape index (κ2) is 9.26. The first-order valence-electron chi connectivity index (χ1n) is 10.4. The number of amides is 2. The zero-order valence-electron chi connectivity index (χ0n) is 17.2. The standard InChI is InChI=1S/C21H31N3O4S/c1-15-7-8-19(11-16(15)2)29(27,28)23-12-20(25)22-13-21(26)24-10-9-17-5-3-4-6-18(17)14-24/h7-8,11,17-18,23H,3-6,9-10,12-14H2,1-2H3,(H,22,25)/t17-,18-/m1/s1. The lowest BCUT2D eigenvalue weighted by atomic mass is 9.75. The van der Waals surface area contributed by atoms with E-state index < -0.39 is 22.5 Å². The van der Waals surface area contributed by atoms with Gasteiger partial charge in [0.05, 0.1) is 18.0 Å². The molecule has 1 aliphatic carbocycles. The third kappa shape index (κ3) is 5.57. The van der Waals surface area contributed by atoms with E-state index in [-0.39, 0.29) is 17.3 Å². The number of rotatable bonds is 6. The van der Waals surface area contributed by atoms with Crippen molar-refractivity contribution in [2.75, 3.05) is 26.2 Å². The van der Waals surface area contributed by atoms with Gasteiger partial charge in [0, 0.05) is 13.1 Å². The topological polar surface area (TPSA) is 95.6 Å². The number of piperidine rings is 1. The zero-order valence-corrected chi connectivity index (χ0v) is 18.1. The molecule has 0 spiro atoms. The average Bonchev–Trinajstić information content (AvgIpc) is 2.72. The molecule has 1 aliphatic heterocycles. The van der Waals surface area contributed by atoms with Gasteiger partial charge in [0.25, 0.3) is 0 Å². The summed E-state index contributed by atoms with van der Waals surface area (Å²) < 4.78 is 27.0. The monoisotopic (exact) mass is 421 g/mol. The molecule has 160 valence electrons. The van der Waals surface area contributed by atoms with Crippen LogP contribution in [0.15, 0.2) is 23.1 Å². The molecule has 29 heavy (non-hydrogen) atoms. The van der Waals surface area contributed by atoms with Crippen molar-refractivity contribution < 1.29 is 18.0 Å². The Balaban J connectivity index is 1.44. The van der Waals surface area contributed by atoms with Gasteiger partial charge in [0.1, 0.15) is 0 Å². The van der Waals surface area contributed by atoms with Gasteiger partial charge in [-0.05, 0) is 61.8 Å². The predicted molar refractivity (Wildman–Crippen MR) is 111 cm³/mol. The third-order valence-corrected chi connectivity index (χ3v) is 7.69. The van der Waals surface area contributed by atoms with Crippen LogP contribution in [0.4, 0.5) is 0 Å². The summed E-state index contributed by atoms with van der Waals surface area (Å²) in [5.41, 5.74) is 1.86. The largest absolute Gasteiger partial charge is 0.346 e. The minimum Gasteiger partial charge on any atom is -0.346 e. The van der Waals surface area contributed by atoms with E-state index in [4.69, 9.17) is 0 Å². The Bertz CT molecular complexity index is 869. The maximum atomic E-state index is 12.4. The van der Waals surface area contributed by atoms with Crippen molar-refractivity contribution in [1.29, 1.82) is 0 Å². The maximum absolute atomic E-state index is 12.4. The first-order valence-corrected chi connectivity index (χ1v) is 11.9. The SMILES string of the molecule is Cc1ccc(S(=O)(=O)NCC(=O)NCC(=O)N2CC[C@H]3CCCC[C@@H]3C2)cc1C. The summed E-state index contributed by atoms with van der Waals surface area (Å²) in [5.74, 6) is 0.710. The minimum absolute atomic E-state index is 0.0956. The highest BCUT2D eigenvalue weighted by molar-refractivity contribution is 7.89. The summed E-state index contributed by atoms with van der Waals surface area (Å²) in [5, 5.41) is 2.54. The lowest BCUT2D eigenvalue weighted by Gasteiger charge is -2.41. The molecule has 2 aliphatic rings. The lowest BCUT2D eigenvalue weighted by molar-refractivity contribution is -0.135. The fourth-order valence-electron chi connectivity index (χ4n) is 4.30. The summed E-state index contributed by atoms with van der Waals surface area (Å²) in [7, 11) is -3.77. The number of carbonyl (C=O) groups excluding carboxylic acids is 2. The van der Waals surface area contributed by atoms with Crippen LogP contribution in [0.5, 0.6) is 0 Å². The third-order valence-electron chi connectivity index (χ3n) is 6.29. The molecule has 2 amide bonds. The van der Waals surface area contributed by atoms with Crippen molar-refractivity contribution in [3.8, 4) is 0 Å². The first kappa shape index (κ1) is 21.8. The zero-order chi connectivity index (χ0) is 21.0. The molecular formula is C21H31N3O4S. The van der Waals surface area contributed by atoms with Gasteiger partial charge < -0.3 is 10.2 Å². The van der Waals surface area contributed by atoms with Crippen LogP contribution in [0.2, 0.25) is 0 Å². The van der Waals surface area contributed by atoms with Gasteiger partial charge in [-0.25, -0.2) is 13.1 Å². The van der Waals surface area contributed by atoms with E-state index in [9.17, 15) is 18.0 Å². The van der Waals surface area contributed by atoms with Crippen molar-refractivity contribution in [1.82, 2.24) is 14.9 Å². The van der Waals surface area contributed by atoms with Gasteiger partial charge in [0.15, 0.2) is 0 Å². The van der Waals surface area contributed by atoms with E-state index in [1.54, 1.807) is 12.1 Å². The molecule has 0 aromatic heterocycles. The summed E-state index contributed by atoms with van der Waals surface area (Å²) in [6.07, 6.45) is 6.02. The van der Waals surface area contributed by atoms with Crippen LogP contribution in [0.1, 0.15) is 43.2 Å². The second-order valence-corrected chi connectivity index (χ2v) is 10.0. The number of sulfonamides is 1. The van der Waals surface area contributed by atoms with Crippen molar-refractivity contribution >= 4 is 21.8 Å². The first-order chi connectivity index (χ1) is 13.8. The van der Waals surface area contributed by atoms with E-state index >= 15 is 0 Å². The summed E-state index contributed by atoms with van der Waals surface area (Å²) in [6.45, 7) is 4.77. The van der Waals surface area contributed by atoms with Crippen molar-refractivity contribution in [3.05, 3.63) is 29.3 Å². The van der Waals surface area contributed by atoms with Crippen LogP contribution in [0.25, 0.3) is 0 Å². The van der Waals surface area contributed by atoms with E-state index in [1.165, 1.54) is 31.7 Å². The number of hydrogen-bond acceptors (Lipinski definition) is 4. The number of nitrogens with zero attached hydrogens (tertiary/aromatic N) is 1. The number of aryl methyl sites for hydroxylation is 2. The van der Waals surface area contributed by atoms with Crippen LogP contribution in [0.3, 0.4) is 0 Å². The van der Waals surface area contributed by atoms with Gasteiger partial charge in [-0.1, -0.05) is 25.3 Å². The summed E-state index contributed by atoms with van der Waals surface area (Å²) >= 11 is 0.